The highest BCUT2D eigenvalue weighted by Crippen LogP contribution is 2.31. The quantitative estimate of drug-likeness (QED) is 0.838. The largest absolute Gasteiger partial charge is 0.381 e. The van der Waals surface area contributed by atoms with Gasteiger partial charge >= 0.3 is 0 Å². The van der Waals surface area contributed by atoms with Gasteiger partial charge in [0.1, 0.15) is 0 Å². The number of hydrogen-bond donors (Lipinski definition) is 1. The number of aryl methyl sites for hydroxylation is 1. The molecule has 1 atom stereocenters. The first-order valence-corrected chi connectivity index (χ1v) is 8.93. The van der Waals surface area contributed by atoms with Crippen LogP contribution in [0.4, 0.5) is 5.13 Å². The number of aromatic nitrogens is 1. The number of nitrogens with one attached hydrogen (secondary N) is 1. The Balaban J connectivity index is 1.96. The summed E-state index contributed by atoms with van der Waals surface area (Å²) in [6.07, 6.45) is 3.52. The lowest BCUT2D eigenvalue weighted by atomic mass is 10.0. The van der Waals surface area contributed by atoms with Crippen LogP contribution in [0.15, 0.2) is 0 Å². The molecule has 0 amide bonds. The lowest BCUT2D eigenvalue weighted by Gasteiger charge is -2.26. The first-order chi connectivity index (χ1) is 10.1. The van der Waals surface area contributed by atoms with Crippen LogP contribution in [0.25, 0.3) is 0 Å². The zero-order chi connectivity index (χ0) is 15.2. The smallest absolute Gasteiger partial charge is 0.185 e. The van der Waals surface area contributed by atoms with Crippen molar-refractivity contribution in [1.29, 1.82) is 0 Å². The first kappa shape index (κ1) is 16.7. The van der Waals surface area contributed by atoms with E-state index in [9.17, 15) is 0 Å². The molecule has 0 aliphatic carbocycles. The number of nitrogens with zero attached hydrogens (tertiary/aromatic N) is 2. The third kappa shape index (κ3) is 4.66. The van der Waals surface area contributed by atoms with Crippen molar-refractivity contribution in [3.8, 4) is 0 Å². The standard InChI is InChI=1S/C16H29N3OS/c1-5-8-17-12(2)15-13(3)18-16(21-15)19(4)11-14-6-9-20-10-7-14/h12,14,17H,5-11H2,1-4H3. The summed E-state index contributed by atoms with van der Waals surface area (Å²) in [6.45, 7) is 10.5. The van der Waals surface area contributed by atoms with E-state index in [1.807, 2.05) is 11.3 Å². The number of rotatable bonds is 7. The molecule has 1 aliphatic rings. The van der Waals surface area contributed by atoms with Crippen molar-refractivity contribution >= 4 is 16.5 Å². The maximum atomic E-state index is 5.44. The highest BCUT2D eigenvalue weighted by Gasteiger charge is 2.20. The highest BCUT2D eigenvalue weighted by atomic mass is 32.1. The Kier molecular flexibility index (Phi) is 6.45. The van der Waals surface area contributed by atoms with Crippen LogP contribution in [0.2, 0.25) is 0 Å². The van der Waals surface area contributed by atoms with E-state index in [1.54, 1.807) is 0 Å². The van der Waals surface area contributed by atoms with Crippen LogP contribution in [0.3, 0.4) is 0 Å². The lowest BCUT2D eigenvalue weighted by Crippen LogP contribution is -2.29. The van der Waals surface area contributed by atoms with Gasteiger partial charge in [0.15, 0.2) is 5.13 Å². The molecule has 1 aliphatic heterocycles. The zero-order valence-corrected chi connectivity index (χ0v) is 14.6. The average Bonchev–Trinajstić information content (AvgIpc) is 2.88. The molecule has 1 N–H and O–H groups in total. The normalized spacial score (nSPS) is 17.9. The SMILES string of the molecule is CCCNC(C)c1sc(N(C)CC2CCOCC2)nc1C. The van der Waals surface area contributed by atoms with Crippen LogP contribution in [-0.4, -0.2) is 38.3 Å². The van der Waals surface area contributed by atoms with E-state index in [1.165, 1.54) is 29.8 Å². The predicted molar refractivity (Wildman–Crippen MR) is 90.4 cm³/mol. The van der Waals surface area contributed by atoms with Crippen LogP contribution >= 0.6 is 11.3 Å². The fourth-order valence-corrected chi connectivity index (χ4v) is 3.87. The van der Waals surface area contributed by atoms with Gasteiger partial charge in [-0.2, -0.15) is 0 Å². The molecule has 1 saturated heterocycles. The summed E-state index contributed by atoms with van der Waals surface area (Å²) in [5.74, 6) is 0.743. The van der Waals surface area contributed by atoms with Gasteiger partial charge in [-0.1, -0.05) is 6.92 Å². The van der Waals surface area contributed by atoms with Crippen LogP contribution in [-0.2, 0) is 4.74 Å². The van der Waals surface area contributed by atoms with Crippen molar-refractivity contribution < 1.29 is 4.74 Å². The molecule has 0 bridgehead atoms. The molecule has 0 aromatic carbocycles. The Hall–Kier alpha value is -0.650. The van der Waals surface area contributed by atoms with Crippen molar-refractivity contribution in [2.24, 2.45) is 5.92 Å². The fraction of sp³-hybridized carbons (Fsp3) is 0.812. The third-order valence-corrected chi connectivity index (χ3v) is 5.57. The molecule has 2 heterocycles. The third-order valence-electron chi connectivity index (χ3n) is 4.11. The molecule has 4 nitrogen and oxygen atoms in total. The minimum atomic E-state index is 0.396. The average molecular weight is 311 g/mol. The molecule has 1 unspecified atom stereocenters. The molecule has 120 valence electrons. The van der Waals surface area contributed by atoms with Gasteiger partial charge in [0.25, 0.3) is 0 Å². The molecule has 1 fully saturated rings. The first-order valence-electron chi connectivity index (χ1n) is 8.11. The van der Waals surface area contributed by atoms with Crippen molar-refractivity contribution in [2.45, 2.75) is 46.1 Å². The van der Waals surface area contributed by atoms with E-state index in [2.05, 4.69) is 38.0 Å². The summed E-state index contributed by atoms with van der Waals surface area (Å²) in [6, 6.07) is 0.396. The molecular formula is C16H29N3OS. The topological polar surface area (TPSA) is 37.4 Å². The van der Waals surface area contributed by atoms with Crippen LogP contribution < -0.4 is 10.2 Å². The lowest BCUT2D eigenvalue weighted by molar-refractivity contribution is 0.0685. The monoisotopic (exact) mass is 311 g/mol. The van der Waals surface area contributed by atoms with E-state index >= 15 is 0 Å². The summed E-state index contributed by atoms with van der Waals surface area (Å²) >= 11 is 1.84. The summed E-state index contributed by atoms with van der Waals surface area (Å²) in [4.78, 5) is 8.47. The maximum absolute atomic E-state index is 5.44. The molecule has 5 heteroatoms. The molecule has 1 aromatic rings. The maximum Gasteiger partial charge on any atom is 0.185 e. The molecule has 1 aromatic heterocycles. The van der Waals surface area contributed by atoms with Crippen LogP contribution in [0.1, 0.15) is 49.7 Å². The van der Waals surface area contributed by atoms with E-state index in [-0.39, 0.29) is 0 Å². The minimum Gasteiger partial charge on any atom is -0.381 e. The summed E-state index contributed by atoms with van der Waals surface area (Å²) < 4.78 is 5.44. The molecule has 2 rings (SSSR count). The molecular weight excluding hydrogens is 282 g/mol. The summed E-state index contributed by atoms with van der Waals surface area (Å²) in [5.41, 5.74) is 1.17. The van der Waals surface area contributed by atoms with Gasteiger partial charge in [0.2, 0.25) is 0 Å². The summed E-state index contributed by atoms with van der Waals surface area (Å²) in [7, 11) is 2.17. The van der Waals surface area contributed by atoms with Gasteiger partial charge in [-0.05, 0) is 45.6 Å². The zero-order valence-electron chi connectivity index (χ0n) is 13.8. The number of thiazole rings is 1. The van der Waals surface area contributed by atoms with Gasteiger partial charge in [-0.15, -0.1) is 11.3 Å². The van der Waals surface area contributed by atoms with Gasteiger partial charge in [-0.25, -0.2) is 4.98 Å². The van der Waals surface area contributed by atoms with E-state index < -0.39 is 0 Å². The Morgan fingerprint density at radius 1 is 1.43 bits per heavy atom. The van der Waals surface area contributed by atoms with Gasteiger partial charge in [-0.3, -0.25) is 0 Å². The second-order valence-electron chi connectivity index (χ2n) is 6.06. The van der Waals surface area contributed by atoms with E-state index in [4.69, 9.17) is 9.72 Å². The number of ether oxygens (including phenoxy) is 1. The fourth-order valence-electron chi connectivity index (χ4n) is 2.81. The second kappa shape index (κ2) is 8.11. The van der Waals surface area contributed by atoms with Gasteiger partial charge in [0.05, 0.1) is 5.69 Å². The Bertz CT molecular complexity index is 429. The molecule has 0 saturated carbocycles. The van der Waals surface area contributed by atoms with E-state index in [0.717, 1.165) is 37.4 Å². The minimum absolute atomic E-state index is 0.396. The number of hydrogen-bond acceptors (Lipinski definition) is 5. The summed E-state index contributed by atoms with van der Waals surface area (Å²) in [5, 5.41) is 4.71. The van der Waals surface area contributed by atoms with Crippen molar-refractivity contribution in [3.63, 3.8) is 0 Å². The van der Waals surface area contributed by atoms with E-state index in [0.29, 0.717) is 6.04 Å². The van der Waals surface area contributed by atoms with Crippen molar-refractivity contribution in [3.05, 3.63) is 10.6 Å². The van der Waals surface area contributed by atoms with Crippen molar-refractivity contribution in [1.82, 2.24) is 10.3 Å². The van der Waals surface area contributed by atoms with Crippen molar-refractivity contribution in [2.75, 3.05) is 38.3 Å². The Morgan fingerprint density at radius 2 is 2.14 bits per heavy atom. The highest BCUT2D eigenvalue weighted by molar-refractivity contribution is 7.15. The molecule has 0 spiro atoms. The van der Waals surface area contributed by atoms with Gasteiger partial charge in [0, 0.05) is 37.7 Å². The predicted octanol–water partition coefficient (Wildman–Crippen LogP) is 3.37. The van der Waals surface area contributed by atoms with Crippen LogP contribution in [0.5, 0.6) is 0 Å². The van der Waals surface area contributed by atoms with Gasteiger partial charge < -0.3 is 15.0 Å². The number of anilines is 1. The Morgan fingerprint density at radius 3 is 2.81 bits per heavy atom. The molecule has 21 heavy (non-hydrogen) atoms. The van der Waals surface area contributed by atoms with Crippen LogP contribution in [0, 0.1) is 12.8 Å². The second-order valence-corrected chi connectivity index (χ2v) is 7.07. The molecule has 0 radical (unpaired) electrons. The Labute approximate surface area is 132 Å².